The average molecular weight is 456 g/mol. The number of aromatic nitrogens is 2. The van der Waals surface area contributed by atoms with Crippen LogP contribution in [0.3, 0.4) is 0 Å². The van der Waals surface area contributed by atoms with Crippen molar-refractivity contribution in [2.45, 2.75) is 18.9 Å². The van der Waals surface area contributed by atoms with Gasteiger partial charge in [-0.05, 0) is 46.9 Å². The van der Waals surface area contributed by atoms with Gasteiger partial charge in [0.05, 0.1) is 17.5 Å². The molecule has 0 saturated carbocycles. The number of rotatable bonds is 8. The van der Waals surface area contributed by atoms with Gasteiger partial charge in [0.15, 0.2) is 5.58 Å². The molecule has 8 heteroatoms. The number of fused-ring (bicyclic) bond motifs is 1. The van der Waals surface area contributed by atoms with Crippen LogP contribution in [0, 0.1) is 17.2 Å². The van der Waals surface area contributed by atoms with Gasteiger partial charge < -0.3 is 15.5 Å². The quantitative estimate of drug-likeness (QED) is 0.420. The zero-order valence-electron chi connectivity index (χ0n) is 18.8. The Balaban J connectivity index is 1.42. The van der Waals surface area contributed by atoms with Gasteiger partial charge in [0.2, 0.25) is 5.91 Å². The predicted octanol–water partition coefficient (Wildman–Crippen LogP) is 2.56. The fourth-order valence-corrected chi connectivity index (χ4v) is 3.88. The lowest BCUT2D eigenvalue weighted by molar-refractivity contribution is -0.125. The van der Waals surface area contributed by atoms with E-state index >= 15 is 0 Å². The van der Waals surface area contributed by atoms with Crippen LogP contribution in [0.5, 0.6) is 0 Å². The predicted molar refractivity (Wildman–Crippen MR) is 129 cm³/mol. The number of benzene rings is 2. The fourth-order valence-electron chi connectivity index (χ4n) is 3.88. The standard InChI is InChI=1S/C26H25N5O3/c1-31-23-13-20(8-9-24(23)34-26(31)33)19-6-4-17(5-7-19)12-22(15-28)30-25(32)21(14-27)11-18-3-2-10-29-16-18/h2-10,13,16,21-22H,11-12,14,27H2,1H3,(H,30,32)/t21?,22-/m0/s1. The van der Waals surface area contributed by atoms with E-state index in [1.807, 2.05) is 48.5 Å². The van der Waals surface area contributed by atoms with Crippen molar-refractivity contribution in [3.63, 3.8) is 0 Å². The third kappa shape index (κ3) is 5.05. The molecule has 0 saturated heterocycles. The van der Waals surface area contributed by atoms with Gasteiger partial charge in [-0.25, -0.2) is 4.79 Å². The maximum absolute atomic E-state index is 12.7. The minimum atomic E-state index is -0.668. The van der Waals surface area contributed by atoms with Crippen LogP contribution in [-0.4, -0.2) is 28.0 Å². The Morgan fingerprint density at radius 2 is 1.91 bits per heavy atom. The Morgan fingerprint density at radius 3 is 2.59 bits per heavy atom. The van der Waals surface area contributed by atoms with Gasteiger partial charge in [-0.2, -0.15) is 5.26 Å². The smallest absolute Gasteiger partial charge is 0.408 e. The first-order valence-electron chi connectivity index (χ1n) is 11.0. The molecule has 0 spiro atoms. The third-order valence-corrected chi connectivity index (χ3v) is 5.85. The van der Waals surface area contributed by atoms with E-state index in [9.17, 15) is 14.9 Å². The van der Waals surface area contributed by atoms with E-state index in [-0.39, 0.29) is 12.5 Å². The molecule has 0 radical (unpaired) electrons. The Bertz CT molecular complexity index is 1380. The molecule has 0 aliphatic rings. The summed E-state index contributed by atoms with van der Waals surface area (Å²) in [6.45, 7) is 0.181. The van der Waals surface area contributed by atoms with E-state index in [0.717, 1.165) is 27.8 Å². The summed E-state index contributed by atoms with van der Waals surface area (Å²) >= 11 is 0. The van der Waals surface area contributed by atoms with Crippen molar-refractivity contribution < 1.29 is 9.21 Å². The van der Waals surface area contributed by atoms with E-state index in [1.54, 1.807) is 25.5 Å². The molecular weight excluding hydrogens is 430 g/mol. The van der Waals surface area contributed by atoms with Crippen molar-refractivity contribution in [2.24, 2.45) is 18.7 Å². The van der Waals surface area contributed by atoms with Gasteiger partial charge in [-0.3, -0.25) is 14.3 Å². The molecule has 1 unspecified atom stereocenters. The molecule has 3 N–H and O–H groups in total. The second-order valence-electron chi connectivity index (χ2n) is 8.20. The molecule has 172 valence electrons. The Morgan fingerprint density at radius 1 is 1.15 bits per heavy atom. The maximum Gasteiger partial charge on any atom is 0.419 e. The van der Waals surface area contributed by atoms with Crippen LogP contribution in [0.1, 0.15) is 11.1 Å². The van der Waals surface area contributed by atoms with Crippen molar-refractivity contribution in [3.8, 4) is 17.2 Å². The molecule has 0 bridgehead atoms. The van der Waals surface area contributed by atoms with Gasteiger partial charge in [0.25, 0.3) is 0 Å². The van der Waals surface area contributed by atoms with E-state index in [0.29, 0.717) is 18.4 Å². The first-order chi connectivity index (χ1) is 16.5. The Labute approximate surface area is 196 Å². The molecule has 34 heavy (non-hydrogen) atoms. The summed E-state index contributed by atoms with van der Waals surface area (Å²) < 4.78 is 6.65. The van der Waals surface area contributed by atoms with Gasteiger partial charge in [0.1, 0.15) is 6.04 Å². The second-order valence-corrected chi connectivity index (χ2v) is 8.20. The highest BCUT2D eigenvalue weighted by molar-refractivity contribution is 5.81. The summed E-state index contributed by atoms with van der Waals surface area (Å²) in [5.41, 5.74) is 10.8. The summed E-state index contributed by atoms with van der Waals surface area (Å²) in [7, 11) is 1.67. The summed E-state index contributed by atoms with van der Waals surface area (Å²) in [4.78, 5) is 28.5. The molecule has 1 amide bonds. The number of nitrogens with zero attached hydrogens (tertiary/aromatic N) is 3. The number of amides is 1. The van der Waals surface area contributed by atoms with Crippen molar-refractivity contribution in [1.82, 2.24) is 14.9 Å². The minimum absolute atomic E-state index is 0.181. The second kappa shape index (κ2) is 10.1. The summed E-state index contributed by atoms with van der Waals surface area (Å²) in [6.07, 6.45) is 4.23. The number of hydrogen-bond donors (Lipinski definition) is 2. The highest BCUT2D eigenvalue weighted by atomic mass is 16.4. The number of oxazole rings is 1. The first-order valence-corrected chi connectivity index (χ1v) is 11.0. The molecule has 2 atom stereocenters. The number of nitrogens with one attached hydrogen (secondary N) is 1. The van der Waals surface area contributed by atoms with Crippen molar-refractivity contribution in [2.75, 3.05) is 6.54 Å². The molecule has 8 nitrogen and oxygen atoms in total. The topological polar surface area (TPSA) is 127 Å². The molecular formula is C26H25N5O3. The van der Waals surface area contributed by atoms with E-state index < -0.39 is 17.7 Å². The highest BCUT2D eigenvalue weighted by Crippen LogP contribution is 2.24. The summed E-state index contributed by atoms with van der Waals surface area (Å²) in [6, 6.07) is 18.6. The van der Waals surface area contributed by atoms with Crippen molar-refractivity contribution >= 4 is 17.0 Å². The zero-order chi connectivity index (χ0) is 24.1. The molecule has 0 aliphatic heterocycles. The number of pyridine rings is 1. The normalized spacial score (nSPS) is 12.7. The number of hydrogen-bond acceptors (Lipinski definition) is 6. The molecule has 2 aromatic carbocycles. The van der Waals surface area contributed by atoms with Gasteiger partial charge >= 0.3 is 5.76 Å². The van der Waals surface area contributed by atoms with Crippen LogP contribution in [0.2, 0.25) is 0 Å². The lowest BCUT2D eigenvalue weighted by atomic mass is 9.98. The van der Waals surface area contributed by atoms with Crippen LogP contribution in [-0.2, 0) is 24.7 Å². The van der Waals surface area contributed by atoms with Gasteiger partial charge in [-0.1, -0.05) is 36.4 Å². The first kappa shape index (κ1) is 23.0. The van der Waals surface area contributed by atoms with Crippen LogP contribution < -0.4 is 16.8 Å². The number of nitriles is 1. The lowest BCUT2D eigenvalue weighted by Gasteiger charge is -2.18. The average Bonchev–Trinajstić information content (AvgIpc) is 3.15. The number of carbonyl (C=O) groups excluding carboxylic acids is 1. The van der Waals surface area contributed by atoms with Crippen LogP contribution in [0.4, 0.5) is 0 Å². The molecule has 0 aliphatic carbocycles. The lowest BCUT2D eigenvalue weighted by Crippen LogP contribution is -2.42. The molecule has 4 rings (SSSR count). The van der Waals surface area contributed by atoms with E-state index in [1.165, 1.54) is 4.57 Å². The number of carbonyl (C=O) groups is 1. The van der Waals surface area contributed by atoms with Crippen molar-refractivity contribution in [1.29, 1.82) is 5.26 Å². The fraction of sp³-hybridized carbons (Fsp3) is 0.231. The van der Waals surface area contributed by atoms with E-state index in [2.05, 4.69) is 16.4 Å². The Hall–Kier alpha value is -4.22. The van der Waals surface area contributed by atoms with Crippen LogP contribution in [0.25, 0.3) is 22.2 Å². The number of aryl methyl sites for hydroxylation is 1. The highest BCUT2D eigenvalue weighted by Gasteiger charge is 2.21. The summed E-state index contributed by atoms with van der Waals surface area (Å²) in [5.74, 6) is -1.07. The van der Waals surface area contributed by atoms with Crippen LogP contribution in [0.15, 0.2) is 76.2 Å². The third-order valence-electron chi connectivity index (χ3n) is 5.85. The molecule has 2 aromatic heterocycles. The maximum atomic E-state index is 12.7. The molecule has 2 heterocycles. The number of nitrogens with two attached hydrogens (primary N) is 1. The van der Waals surface area contributed by atoms with Crippen LogP contribution >= 0.6 is 0 Å². The van der Waals surface area contributed by atoms with E-state index in [4.69, 9.17) is 10.2 Å². The van der Waals surface area contributed by atoms with Gasteiger partial charge in [0, 0.05) is 32.4 Å². The molecule has 0 fully saturated rings. The van der Waals surface area contributed by atoms with Gasteiger partial charge in [-0.15, -0.1) is 0 Å². The summed E-state index contributed by atoms with van der Waals surface area (Å²) in [5, 5.41) is 12.4. The Kier molecular flexibility index (Phi) is 6.85. The molecule has 4 aromatic rings. The SMILES string of the molecule is Cn1c(=O)oc2ccc(-c3ccc(C[C@@H](C#N)NC(=O)C(CN)Cc4cccnc4)cc3)cc21. The largest absolute Gasteiger partial charge is 0.419 e. The monoisotopic (exact) mass is 455 g/mol. The van der Waals surface area contributed by atoms with Crippen molar-refractivity contribution in [3.05, 3.63) is 88.7 Å². The minimum Gasteiger partial charge on any atom is -0.408 e. The zero-order valence-corrected chi connectivity index (χ0v) is 18.8.